The second kappa shape index (κ2) is 5.04. The number of ether oxygens (including phenoxy) is 1. The number of rotatable bonds is 1. The van der Waals surface area contributed by atoms with Gasteiger partial charge in [0.25, 0.3) is 0 Å². The Morgan fingerprint density at radius 2 is 1.64 bits per heavy atom. The maximum absolute atomic E-state index is 13.3. The number of carbonyl (C=O) groups excluding carboxylic acids is 2. The van der Waals surface area contributed by atoms with Gasteiger partial charge >= 0.3 is 5.97 Å². The molecule has 0 heterocycles. The van der Waals surface area contributed by atoms with Crippen molar-refractivity contribution in [3.8, 4) is 0 Å². The van der Waals surface area contributed by atoms with Crippen molar-refractivity contribution >= 4 is 11.8 Å². The molecule has 0 saturated carbocycles. The molecule has 0 fully saturated rings. The van der Waals surface area contributed by atoms with E-state index in [0.717, 1.165) is 43.2 Å². The van der Waals surface area contributed by atoms with Gasteiger partial charge in [0, 0.05) is 11.0 Å². The topological polar surface area (TPSA) is 43.4 Å². The molecular weight excluding hydrogens is 312 g/mol. The summed E-state index contributed by atoms with van der Waals surface area (Å²) in [6, 6.07) is 10.2. The number of benzene rings is 2. The first-order valence-corrected chi connectivity index (χ1v) is 8.99. The van der Waals surface area contributed by atoms with Gasteiger partial charge in [0.15, 0.2) is 5.78 Å². The summed E-state index contributed by atoms with van der Waals surface area (Å²) in [5.74, 6) is -0.0192. The van der Waals surface area contributed by atoms with Gasteiger partial charge in [-0.1, -0.05) is 12.1 Å². The molecule has 3 heteroatoms. The van der Waals surface area contributed by atoms with Gasteiger partial charge in [0.05, 0.1) is 12.7 Å². The van der Waals surface area contributed by atoms with Crippen LogP contribution < -0.4 is 0 Å². The number of esters is 1. The van der Waals surface area contributed by atoms with Crippen molar-refractivity contribution in [2.45, 2.75) is 38.5 Å². The van der Waals surface area contributed by atoms with Crippen LogP contribution in [0, 0.1) is 5.41 Å². The molecule has 0 saturated heterocycles. The zero-order valence-corrected chi connectivity index (χ0v) is 14.4. The van der Waals surface area contributed by atoms with Gasteiger partial charge < -0.3 is 4.74 Å². The van der Waals surface area contributed by atoms with E-state index < -0.39 is 0 Å². The molecular formula is C22H20O3. The summed E-state index contributed by atoms with van der Waals surface area (Å²) in [7, 11) is 1.40. The van der Waals surface area contributed by atoms with E-state index in [1.54, 1.807) is 0 Å². The van der Waals surface area contributed by atoms with Gasteiger partial charge in [-0.2, -0.15) is 0 Å². The number of carbonyl (C=O) groups is 2. The van der Waals surface area contributed by atoms with Crippen molar-refractivity contribution in [2.24, 2.45) is 5.41 Å². The Morgan fingerprint density at radius 3 is 2.44 bits per heavy atom. The van der Waals surface area contributed by atoms with Crippen LogP contribution in [0.25, 0.3) is 0 Å². The van der Waals surface area contributed by atoms with Gasteiger partial charge in [-0.25, -0.2) is 4.79 Å². The van der Waals surface area contributed by atoms with E-state index in [-0.39, 0.29) is 11.4 Å². The second-order valence-electron chi connectivity index (χ2n) is 7.75. The lowest BCUT2D eigenvalue weighted by Crippen LogP contribution is -2.28. The summed E-state index contributed by atoms with van der Waals surface area (Å²) in [5, 5.41) is 0. The highest BCUT2D eigenvalue weighted by atomic mass is 16.5. The minimum absolute atomic E-state index is 0.299. The first-order chi connectivity index (χ1) is 12.1. The minimum Gasteiger partial charge on any atom is -0.465 e. The van der Waals surface area contributed by atoms with E-state index >= 15 is 0 Å². The maximum atomic E-state index is 13.3. The van der Waals surface area contributed by atoms with Crippen LogP contribution in [0.2, 0.25) is 0 Å². The van der Waals surface area contributed by atoms with Gasteiger partial charge in [-0.3, -0.25) is 4.79 Å². The summed E-state index contributed by atoms with van der Waals surface area (Å²) in [4.78, 5) is 25.1. The quantitative estimate of drug-likeness (QED) is 0.751. The van der Waals surface area contributed by atoms with Crippen LogP contribution in [-0.2, 0) is 36.8 Å². The SMILES string of the molecule is COC(=O)c1ccc2c(c1)CC1(C2)Cc2cc3c(cc2C1=O)CCC3. The lowest BCUT2D eigenvalue weighted by atomic mass is 9.81. The van der Waals surface area contributed by atoms with Gasteiger partial charge in [-0.15, -0.1) is 0 Å². The van der Waals surface area contributed by atoms with Crippen molar-refractivity contribution in [1.29, 1.82) is 0 Å². The maximum Gasteiger partial charge on any atom is 0.337 e. The molecule has 0 radical (unpaired) electrons. The van der Waals surface area contributed by atoms with Crippen LogP contribution in [-0.4, -0.2) is 18.9 Å². The van der Waals surface area contributed by atoms with Gasteiger partial charge in [-0.05, 0) is 84.5 Å². The van der Waals surface area contributed by atoms with E-state index in [4.69, 9.17) is 4.74 Å². The summed E-state index contributed by atoms with van der Waals surface area (Å²) in [6.45, 7) is 0. The fourth-order valence-electron chi connectivity index (χ4n) is 5.05. The molecule has 25 heavy (non-hydrogen) atoms. The van der Waals surface area contributed by atoms with E-state index in [1.807, 2.05) is 18.2 Å². The number of hydrogen-bond acceptors (Lipinski definition) is 3. The Hall–Kier alpha value is -2.42. The molecule has 1 unspecified atom stereocenters. The van der Waals surface area contributed by atoms with Crippen LogP contribution in [0.1, 0.15) is 55.0 Å². The molecule has 126 valence electrons. The Morgan fingerprint density at radius 1 is 0.920 bits per heavy atom. The number of methoxy groups -OCH3 is 1. The Balaban J connectivity index is 1.51. The number of Topliss-reactive ketones (excluding diaryl/α,β-unsaturated/α-hetero) is 1. The van der Waals surface area contributed by atoms with Crippen molar-refractivity contribution in [3.05, 3.63) is 69.3 Å². The predicted octanol–water partition coefficient (Wildman–Crippen LogP) is 3.49. The minimum atomic E-state index is -0.339. The molecule has 0 bridgehead atoms. The fraction of sp³-hybridized carbons (Fsp3) is 0.364. The standard InChI is InChI=1S/C22H20O3/c1-25-21(24)15-5-6-16-10-22(11-17(16)8-15)12-18-7-13-3-2-4-14(13)9-19(18)20(22)23/h5-9H,2-4,10-12H2,1H3. The molecule has 0 N–H and O–H groups in total. The lowest BCUT2D eigenvalue weighted by molar-refractivity contribution is 0.0600. The van der Waals surface area contributed by atoms with Crippen LogP contribution in [0.4, 0.5) is 0 Å². The Kier molecular flexibility index (Phi) is 3.00. The molecule has 0 aromatic heterocycles. The summed E-state index contributed by atoms with van der Waals surface area (Å²) >= 11 is 0. The van der Waals surface area contributed by atoms with E-state index in [1.165, 1.54) is 35.8 Å². The Labute approximate surface area is 147 Å². The molecule has 5 rings (SSSR count). The van der Waals surface area contributed by atoms with Crippen molar-refractivity contribution in [3.63, 3.8) is 0 Å². The molecule has 2 aromatic carbocycles. The van der Waals surface area contributed by atoms with Crippen LogP contribution in [0.3, 0.4) is 0 Å². The molecule has 1 spiro atoms. The summed E-state index contributed by atoms with van der Waals surface area (Å²) in [6.07, 6.45) is 5.79. The molecule has 2 aromatic rings. The molecule has 0 aliphatic heterocycles. The van der Waals surface area contributed by atoms with Crippen LogP contribution in [0.5, 0.6) is 0 Å². The molecule has 0 amide bonds. The third-order valence-electron chi connectivity index (χ3n) is 6.26. The van der Waals surface area contributed by atoms with Crippen LogP contribution in [0.15, 0.2) is 30.3 Å². The first-order valence-electron chi connectivity index (χ1n) is 8.99. The summed E-state index contributed by atoms with van der Waals surface area (Å²) < 4.78 is 4.82. The smallest absolute Gasteiger partial charge is 0.337 e. The highest BCUT2D eigenvalue weighted by molar-refractivity contribution is 6.06. The molecule has 3 aliphatic rings. The largest absolute Gasteiger partial charge is 0.465 e. The molecule has 3 nitrogen and oxygen atoms in total. The number of aryl methyl sites for hydroxylation is 2. The van der Waals surface area contributed by atoms with E-state index in [0.29, 0.717) is 11.3 Å². The van der Waals surface area contributed by atoms with Gasteiger partial charge in [0.2, 0.25) is 0 Å². The zero-order chi connectivity index (χ0) is 17.2. The van der Waals surface area contributed by atoms with Crippen molar-refractivity contribution < 1.29 is 14.3 Å². The highest BCUT2D eigenvalue weighted by Gasteiger charge is 2.49. The van der Waals surface area contributed by atoms with Crippen LogP contribution >= 0.6 is 0 Å². The normalized spacial score (nSPS) is 22.8. The average Bonchev–Trinajstić information content (AvgIpc) is 3.28. The van der Waals surface area contributed by atoms with Gasteiger partial charge in [0.1, 0.15) is 0 Å². The predicted molar refractivity (Wildman–Crippen MR) is 94.1 cm³/mol. The first kappa shape index (κ1) is 14.9. The van der Waals surface area contributed by atoms with E-state index in [2.05, 4.69) is 12.1 Å². The molecule has 3 aliphatic carbocycles. The van der Waals surface area contributed by atoms with E-state index in [9.17, 15) is 9.59 Å². The monoisotopic (exact) mass is 332 g/mol. The third-order valence-corrected chi connectivity index (χ3v) is 6.26. The number of ketones is 1. The second-order valence-corrected chi connectivity index (χ2v) is 7.75. The average molecular weight is 332 g/mol. The number of fused-ring (bicyclic) bond motifs is 3. The lowest BCUT2D eigenvalue weighted by Gasteiger charge is -2.20. The molecule has 1 atom stereocenters. The Bertz CT molecular complexity index is 941. The number of hydrogen-bond donors (Lipinski definition) is 0. The fourth-order valence-corrected chi connectivity index (χ4v) is 5.05. The van der Waals surface area contributed by atoms with Crippen molar-refractivity contribution in [2.75, 3.05) is 7.11 Å². The zero-order valence-electron chi connectivity index (χ0n) is 14.4. The highest BCUT2D eigenvalue weighted by Crippen LogP contribution is 2.48. The van der Waals surface area contributed by atoms with Crippen molar-refractivity contribution in [1.82, 2.24) is 0 Å². The summed E-state index contributed by atoms with van der Waals surface area (Å²) in [5.41, 5.74) is 7.53. The third kappa shape index (κ3) is 2.05.